The average molecular weight is 547 g/mol. The Hall–Kier alpha value is -2.40. The first-order valence-electron chi connectivity index (χ1n) is 10.3. The van der Waals surface area contributed by atoms with Crippen molar-refractivity contribution >= 4 is 40.7 Å². The second kappa shape index (κ2) is 12.5. The van der Waals surface area contributed by atoms with Crippen LogP contribution < -0.4 is 9.47 Å². The van der Waals surface area contributed by atoms with Gasteiger partial charge in [-0.25, -0.2) is 4.79 Å². The molecule has 0 spiro atoms. The summed E-state index contributed by atoms with van der Waals surface area (Å²) in [6, 6.07) is 13.6. The van der Waals surface area contributed by atoms with Crippen molar-refractivity contribution in [2.75, 3.05) is 19.0 Å². The fourth-order valence-electron chi connectivity index (χ4n) is 2.91. The van der Waals surface area contributed by atoms with Crippen molar-refractivity contribution in [3.05, 3.63) is 74.9 Å². The smallest absolute Gasteiger partial charge is 0.416 e. The molecule has 3 rings (SSSR count). The van der Waals surface area contributed by atoms with Gasteiger partial charge in [-0.3, -0.25) is 0 Å². The number of aryl methyl sites for hydroxylation is 1. The third-order valence-electron chi connectivity index (χ3n) is 4.64. The number of carbonyl (C=O) groups is 1. The largest absolute Gasteiger partial charge is 0.491 e. The third-order valence-corrected chi connectivity index (χ3v) is 6.97. The number of ether oxygens (including phenoxy) is 3. The molecule has 35 heavy (non-hydrogen) atoms. The highest BCUT2D eigenvalue weighted by Gasteiger charge is 2.30. The number of carboxylic acid groups (broad SMARTS) is 1. The Bertz CT molecular complexity index is 1120. The van der Waals surface area contributed by atoms with E-state index in [1.165, 1.54) is 35.2 Å². The highest BCUT2D eigenvalue weighted by Crippen LogP contribution is 2.31. The van der Waals surface area contributed by atoms with Crippen LogP contribution >= 0.6 is 34.7 Å². The van der Waals surface area contributed by atoms with Gasteiger partial charge in [0.2, 0.25) is 0 Å². The van der Waals surface area contributed by atoms with E-state index in [0.29, 0.717) is 28.2 Å². The summed E-state index contributed by atoms with van der Waals surface area (Å²) in [5.41, 5.74) is 0.0527. The fourth-order valence-corrected chi connectivity index (χ4v) is 4.91. The molecule has 5 nitrogen and oxygen atoms in total. The molecular weight excluding hydrogens is 525 g/mol. The first-order valence-corrected chi connectivity index (χ1v) is 12.5. The van der Waals surface area contributed by atoms with Crippen molar-refractivity contribution in [3.63, 3.8) is 0 Å². The van der Waals surface area contributed by atoms with Gasteiger partial charge in [0, 0.05) is 15.5 Å². The van der Waals surface area contributed by atoms with E-state index in [-0.39, 0.29) is 12.7 Å². The summed E-state index contributed by atoms with van der Waals surface area (Å²) < 4.78 is 56.0. The van der Waals surface area contributed by atoms with Crippen LogP contribution in [0.25, 0.3) is 0 Å². The first-order chi connectivity index (χ1) is 16.6. The summed E-state index contributed by atoms with van der Waals surface area (Å²) in [7, 11) is 0. The van der Waals surface area contributed by atoms with Crippen LogP contribution in [0, 0.1) is 6.92 Å². The maximum Gasteiger partial charge on any atom is 0.416 e. The minimum Gasteiger partial charge on any atom is -0.491 e. The average Bonchev–Trinajstić information content (AvgIpc) is 3.22. The molecule has 0 radical (unpaired) electrons. The predicted octanol–water partition coefficient (Wildman–Crippen LogP) is 6.95. The molecule has 0 saturated carbocycles. The summed E-state index contributed by atoms with van der Waals surface area (Å²) in [6.07, 6.45) is -4.78. The second-order valence-corrected chi connectivity index (χ2v) is 10.3. The highest BCUT2D eigenvalue weighted by atomic mass is 35.5. The van der Waals surface area contributed by atoms with E-state index in [1.807, 2.05) is 25.1 Å². The van der Waals surface area contributed by atoms with Crippen LogP contribution in [0.1, 0.15) is 16.0 Å². The lowest BCUT2D eigenvalue weighted by Crippen LogP contribution is -2.24. The Kier molecular flexibility index (Phi) is 9.73. The van der Waals surface area contributed by atoms with E-state index in [0.717, 1.165) is 27.5 Å². The Morgan fingerprint density at radius 2 is 1.86 bits per heavy atom. The molecule has 3 aromatic rings. The van der Waals surface area contributed by atoms with Gasteiger partial charge in [0.1, 0.15) is 24.2 Å². The molecule has 11 heteroatoms. The minimum absolute atomic E-state index is 0.135. The molecule has 188 valence electrons. The maximum absolute atomic E-state index is 12.8. The van der Waals surface area contributed by atoms with Crippen LogP contribution in [0.4, 0.5) is 13.2 Å². The van der Waals surface area contributed by atoms with Crippen molar-refractivity contribution in [1.29, 1.82) is 0 Å². The molecule has 1 N–H and O–H groups in total. The Morgan fingerprint density at radius 1 is 1.11 bits per heavy atom. The fraction of sp³-hybridized carbons (Fsp3) is 0.292. The van der Waals surface area contributed by atoms with Gasteiger partial charge >= 0.3 is 12.1 Å². The van der Waals surface area contributed by atoms with Crippen molar-refractivity contribution in [2.24, 2.45) is 0 Å². The van der Waals surface area contributed by atoms with Gasteiger partial charge in [-0.2, -0.15) is 13.2 Å². The van der Waals surface area contributed by atoms with Crippen LogP contribution in [0.2, 0.25) is 4.34 Å². The van der Waals surface area contributed by atoms with Crippen molar-refractivity contribution in [3.8, 4) is 11.5 Å². The van der Waals surface area contributed by atoms with E-state index < -0.39 is 24.3 Å². The number of thiophene rings is 1. The summed E-state index contributed by atoms with van der Waals surface area (Å²) in [5, 5.41) is 8.77. The molecule has 0 bridgehead atoms. The van der Waals surface area contributed by atoms with Crippen LogP contribution in [0.15, 0.2) is 59.5 Å². The molecule has 0 saturated heterocycles. The monoisotopic (exact) mass is 546 g/mol. The SMILES string of the molecule is Cc1cc(SC[C@@H](COc2ccc(C(F)(F)F)cc2)OCc2ccc(Cl)s2)ccc1OCC(=O)O. The standard InChI is InChI=1S/C24H22ClF3O5S2/c1-15-10-19(6-8-21(15)33-13-23(29)30)34-14-18(32-12-20-7-9-22(25)35-20)11-31-17-4-2-16(3-5-17)24(26,27)28/h2-10,18H,11-14H2,1H3,(H,29,30)/t18-/m1/s1. The van der Waals surface area contributed by atoms with Gasteiger partial charge < -0.3 is 19.3 Å². The summed E-state index contributed by atoms with van der Waals surface area (Å²) in [4.78, 5) is 12.6. The van der Waals surface area contributed by atoms with Gasteiger partial charge in [-0.05, 0) is 67.1 Å². The molecule has 1 atom stereocenters. The van der Waals surface area contributed by atoms with E-state index in [4.69, 9.17) is 30.9 Å². The topological polar surface area (TPSA) is 65.0 Å². The van der Waals surface area contributed by atoms with Gasteiger partial charge in [0.25, 0.3) is 0 Å². The van der Waals surface area contributed by atoms with E-state index >= 15 is 0 Å². The van der Waals surface area contributed by atoms with E-state index in [9.17, 15) is 18.0 Å². The number of hydrogen-bond donors (Lipinski definition) is 1. The molecule has 1 heterocycles. The van der Waals surface area contributed by atoms with Crippen molar-refractivity contribution < 1.29 is 37.3 Å². The van der Waals surface area contributed by atoms with Crippen LogP contribution in [-0.4, -0.2) is 36.1 Å². The van der Waals surface area contributed by atoms with Gasteiger partial charge in [-0.1, -0.05) is 11.6 Å². The van der Waals surface area contributed by atoms with Gasteiger partial charge in [0.15, 0.2) is 6.61 Å². The minimum atomic E-state index is -4.41. The molecule has 0 aliphatic carbocycles. The van der Waals surface area contributed by atoms with Gasteiger partial charge in [-0.15, -0.1) is 23.1 Å². The van der Waals surface area contributed by atoms with E-state index in [2.05, 4.69) is 0 Å². The normalized spacial score (nSPS) is 12.4. The number of alkyl halides is 3. The molecule has 1 aromatic heterocycles. The molecule has 2 aromatic carbocycles. The van der Waals surface area contributed by atoms with Gasteiger partial charge in [0.05, 0.1) is 16.5 Å². The third kappa shape index (κ3) is 8.96. The molecular formula is C24H22ClF3O5S2. The first kappa shape index (κ1) is 27.2. The summed E-state index contributed by atoms with van der Waals surface area (Å²) in [5.74, 6) is 0.258. The molecule has 0 aliphatic heterocycles. The number of halogens is 4. The predicted molar refractivity (Wildman–Crippen MR) is 130 cm³/mol. The number of aliphatic carboxylic acids is 1. The second-order valence-electron chi connectivity index (χ2n) is 7.39. The Balaban J connectivity index is 1.61. The number of rotatable bonds is 12. The Labute approximate surface area is 213 Å². The highest BCUT2D eigenvalue weighted by molar-refractivity contribution is 7.99. The quantitative estimate of drug-likeness (QED) is 0.248. The van der Waals surface area contributed by atoms with Crippen LogP contribution in [0.3, 0.4) is 0 Å². The maximum atomic E-state index is 12.8. The van der Waals surface area contributed by atoms with E-state index in [1.54, 1.807) is 12.1 Å². The zero-order valence-corrected chi connectivity index (χ0v) is 20.9. The number of carboxylic acids is 1. The molecule has 0 aliphatic rings. The lowest BCUT2D eigenvalue weighted by atomic mass is 10.2. The summed E-state index contributed by atoms with van der Waals surface area (Å²) >= 11 is 8.89. The zero-order chi connectivity index (χ0) is 25.4. The summed E-state index contributed by atoms with van der Waals surface area (Å²) in [6.45, 7) is 1.86. The number of hydrogen-bond acceptors (Lipinski definition) is 6. The lowest BCUT2D eigenvalue weighted by molar-refractivity contribution is -0.139. The van der Waals surface area contributed by atoms with Crippen molar-refractivity contribution in [1.82, 2.24) is 0 Å². The van der Waals surface area contributed by atoms with Crippen LogP contribution in [0.5, 0.6) is 11.5 Å². The number of thioether (sulfide) groups is 1. The molecule has 0 unspecified atom stereocenters. The number of benzene rings is 2. The molecule has 0 fully saturated rings. The molecule has 0 amide bonds. The zero-order valence-electron chi connectivity index (χ0n) is 18.5. The Morgan fingerprint density at radius 3 is 2.46 bits per heavy atom. The van der Waals surface area contributed by atoms with Crippen molar-refractivity contribution in [2.45, 2.75) is 30.7 Å². The lowest BCUT2D eigenvalue weighted by Gasteiger charge is -2.19. The van der Waals surface area contributed by atoms with Crippen LogP contribution in [-0.2, 0) is 22.3 Å².